The van der Waals surface area contributed by atoms with Crippen LogP contribution in [0.2, 0.25) is 0 Å². The van der Waals surface area contributed by atoms with Gasteiger partial charge in [0.15, 0.2) is 0 Å². The van der Waals surface area contributed by atoms with Crippen molar-refractivity contribution in [3.63, 3.8) is 0 Å². The van der Waals surface area contributed by atoms with E-state index < -0.39 is 0 Å². The van der Waals surface area contributed by atoms with Gasteiger partial charge >= 0.3 is 0 Å². The Kier molecular flexibility index (Phi) is 12.8. The fourth-order valence-corrected chi connectivity index (χ4v) is 16.0. The molecule has 0 aliphatic heterocycles. The van der Waals surface area contributed by atoms with Crippen LogP contribution in [0.4, 0.5) is 0 Å². The van der Waals surface area contributed by atoms with Crippen molar-refractivity contribution in [2.24, 2.45) is 0 Å². The zero-order valence-electron chi connectivity index (χ0n) is 23.7. The smallest absolute Gasteiger partial charge is 0 e. The third-order valence-electron chi connectivity index (χ3n) is 7.88. The SMILES string of the molecule is CC([c-]1cccc1P(C1CCCCC1)C1CCCCC1)P(C(C)(C)C)C(C)(C)C.[Fe].c1cc[cH-]c1. The summed E-state index contributed by atoms with van der Waals surface area (Å²) in [6, 6.07) is 17.5. The maximum absolute atomic E-state index is 2.58. The molecule has 0 aromatic heterocycles. The van der Waals surface area contributed by atoms with Crippen molar-refractivity contribution in [3.8, 4) is 0 Å². The molecule has 4 rings (SSSR count). The fraction of sp³-hybridized carbons (Fsp3) is 0.688. The van der Waals surface area contributed by atoms with E-state index in [0.717, 1.165) is 11.3 Å². The van der Waals surface area contributed by atoms with Crippen molar-refractivity contribution in [1.29, 1.82) is 0 Å². The van der Waals surface area contributed by atoms with Gasteiger partial charge in [-0.15, -0.1) is 18.8 Å². The van der Waals surface area contributed by atoms with Crippen LogP contribution in [0.25, 0.3) is 0 Å². The number of rotatable bonds is 5. The van der Waals surface area contributed by atoms with Gasteiger partial charge in [-0.2, -0.15) is 24.3 Å². The van der Waals surface area contributed by atoms with Crippen molar-refractivity contribution in [2.75, 3.05) is 0 Å². The second-order valence-corrected chi connectivity index (χ2v) is 19.7. The van der Waals surface area contributed by atoms with Crippen molar-refractivity contribution in [3.05, 3.63) is 54.1 Å². The van der Waals surface area contributed by atoms with E-state index in [-0.39, 0.29) is 32.9 Å². The summed E-state index contributed by atoms with van der Waals surface area (Å²) in [5, 5.41) is 2.62. The molecule has 1 atom stereocenters. The van der Waals surface area contributed by atoms with Crippen molar-refractivity contribution in [1.82, 2.24) is 0 Å². The number of hydrogen-bond acceptors (Lipinski definition) is 0. The molecule has 2 saturated carbocycles. The predicted molar refractivity (Wildman–Crippen MR) is 159 cm³/mol. The summed E-state index contributed by atoms with van der Waals surface area (Å²) in [5.74, 6) is 0. The van der Waals surface area contributed by atoms with E-state index in [0.29, 0.717) is 16.0 Å². The molecule has 0 amide bonds. The third kappa shape index (κ3) is 8.81. The first-order valence-corrected chi connectivity index (χ1v) is 17.0. The molecule has 2 fully saturated rings. The molecule has 2 aromatic rings. The summed E-state index contributed by atoms with van der Waals surface area (Å²) in [4.78, 5) is 0. The van der Waals surface area contributed by atoms with E-state index in [1.165, 1.54) is 64.2 Å². The Bertz CT molecular complexity index is 746. The third-order valence-corrected chi connectivity index (χ3v) is 15.4. The summed E-state index contributed by atoms with van der Waals surface area (Å²) in [7, 11) is -0.114. The zero-order chi connectivity index (χ0) is 24.8. The molecule has 200 valence electrons. The molecular weight excluding hydrogens is 502 g/mol. The maximum atomic E-state index is 2.58. The summed E-state index contributed by atoms with van der Waals surface area (Å²) in [5.41, 5.74) is 4.46. The molecule has 0 spiro atoms. The van der Waals surface area contributed by atoms with Gasteiger partial charge in [0.25, 0.3) is 0 Å². The van der Waals surface area contributed by atoms with E-state index in [1.54, 1.807) is 5.56 Å². The molecule has 35 heavy (non-hydrogen) atoms. The van der Waals surface area contributed by atoms with Gasteiger partial charge in [-0.25, -0.2) is 24.3 Å². The molecule has 3 heteroatoms. The molecule has 0 saturated heterocycles. The van der Waals surface area contributed by atoms with Gasteiger partial charge in [-0.3, -0.25) is 0 Å². The first-order valence-electron chi connectivity index (χ1n) is 14.1. The van der Waals surface area contributed by atoms with Gasteiger partial charge in [-0.05, 0) is 53.0 Å². The predicted octanol–water partition coefficient (Wildman–Crippen LogP) is 10.7. The quantitative estimate of drug-likeness (QED) is 0.196. The zero-order valence-corrected chi connectivity index (χ0v) is 26.6. The van der Waals surface area contributed by atoms with Gasteiger partial charge in [0.2, 0.25) is 0 Å². The first kappa shape index (κ1) is 31.3. The van der Waals surface area contributed by atoms with Gasteiger partial charge in [-0.1, -0.05) is 94.9 Å². The Morgan fingerprint density at radius 3 is 1.60 bits per heavy atom. The average molecular weight is 555 g/mol. The molecule has 2 aliphatic carbocycles. The fourth-order valence-electron chi connectivity index (χ4n) is 7.05. The molecule has 2 aliphatic rings. The Labute approximate surface area is 231 Å². The van der Waals surface area contributed by atoms with Crippen LogP contribution in [0.1, 0.15) is 124 Å². The van der Waals surface area contributed by atoms with E-state index in [1.807, 2.05) is 35.6 Å². The topological polar surface area (TPSA) is 0 Å². The summed E-state index contributed by atoms with van der Waals surface area (Å²) < 4.78 is 0. The summed E-state index contributed by atoms with van der Waals surface area (Å²) >= 11 is 0. The first-order chi connectivity index (χ1) is 16.1. The van der Waals surface area contributed by atoms with Crippen molar-refractivity contribution in [2.45, 2.75) is 140 Å². The van der Waals surface area contributed by atoms with Crippen molar-refractivity contribution >= 4 is 21.1 Å². The molecule has 2 aromatic carbocycles. The van der Waals surface area contributed by atoms with E-state index in [9.17, 15) is 0 Å². The minimum atomic E-state index is -0.120. The Balaban J connectivity index is 0.000000640. The van der Waals surface area contributed by atoms with Crippen LogP contribution < -0.4 is 5.30 Å². The van der Waals surface area contributed by atoms with Crippen LogP contribution in [0.15, 0.2) is 48.5 Å². The van der Waals surface area contributed by atoms with Crippen LogP contribution in [0, 0.1) is 0 Å². The average Bonchev–Trinajstić information content (AvgIpc) is 3.49. The second-order valence-electron chi connectivity index (χ2n) is 12.7. The molecule has 1 unspecified atom stereocenters. The monoisotopic (exact) mass is 554 g/mol. The summed E-state index contributed by atoms with van der Waals surface area (Å²) in [6.07, 6.45) is 14.9. The second kappa shape index (κ2) is 14.3. The van der Waals surface area contributed by atoms with Crippen LogP contribution in [0.3, 0.4) is 0 Å². The van der Waals surface area contributed by atoms with Crippen LogP contribution >= 0.6 is 15.8 Å². The molecular formula is C32H52FeP2-2. The maximum Gasteiger partial charge on any atom is 0 e. The molecule has 0 heterocycles. The van der Waals surface area contributed by atoms with Crippen LogP contribution in [0.5, 0.6) is 0 Å². The Morgan fingerprint density at radius 1 is 0.771 bits per heavy atom. The van der Waals surface area contributed by atoms with Crippen LogP contribution in [-0.4, -0.2) is 21.6 Å². The van der Waals surface area contributed by atoms with Crippen molar-refractivity contribution < 1.29 is 17.1 Å². The normalized spacial score (nSPS) is 19.2. The van der Waals surface area contributed by atoms with Gasteiger partial charge in [0, 0.05) is 17.1 Å². The van der Waals surface area contributed by atoms with E-state index in [4.69, 9.17) is 0 Å². The Morgan fingerprint density at radius 2 is 1.23 bits per heavy atom. The number of hydrogen-bond donors (Lipinski definition) is 0. The van der Waals surface area contributed by atoms with Gasteiger partial charge < -0.3 is 0 Å². The molecule has 0 bridgehead atoms. The molecule has 0 nitrogen and oxygen atoms in total. The largest absolute Gasteiger partial charge is 0.214 e. The standard InChI is InChI=1S/C27H47P2.C5H5.Fe/c1-21(29(26(2,3)4)27(5,6)7)24-19-14-20-25(24)28(22-15-10-8-11-16-22)23-17-12-9-13-18-23;1-2-4-5-3-1;/h14,19-23H,8-13,15-18H2,1-7H3;1-5H;/q2*-1;. The minimum Gasteiger partial charge on any atom is -0.214 e. The molecule has 0 radical (unpaired) electrons. The summed E-state index contributed by atoms with van der Waals surface area (Å²) in [6.45, 7) is 17.5. The Hall–Kier alpha value is 0.0795. The van der Waals surface area contributed by atoms with E-state index >= 15 is 0 Å². The van der Waals surface area contributed by atoms with E-state index in [2.05, 4.69) is 66.7 Å². The molecule has 0 N–H and O–H groups in total. The van der Waals surface area contributed by atoms with Gasteiger partial charge in [0.1, 0.15) is 0 Å². The van der Waals surface area contributed by atoms with Crippen LogP contribution in [-0.2, 0) is 17.1 Å². The minimum absolute atomic E-state index is 0. The van der Waals surface area contributed by atoms with Gasteiger partial charge in [0.05, 0.1) is 0 Å².